The molecule has 0 radical (unpaired) electrons. The average molecular weight is 535 g/mol. The third-order valence-electron chi connectivity index (χ3n) is 6.66. The van der Waals surface area contributed by atoms with Gasteiger partial charge in [0.1, 0.15) is 12.2 Å². The molecule has 0 spiro atoms. The molecule has 1 saturated heterocycles. The van der Waals surface area contributed by atoms with E-state index < -0.39 is 6.17 Å². The Morgan fingerprint density at radius 1 is 1.12 bits per heavy atom. The highest BCUT2D eigenvalue weighted by Gasteiger charge is 2.26. The third kappa shape index (κ3) is 5.25. The summed E-state index contributed by atoms with van der Waals surface area (Å²) < 4.78 is 11.7. The number of carbonyl (C=O) groups excluding carboxylic acids is 1. The van der Waals surface area contributed by atoms with E-state index in [1.54, 1.807) is 6.07 Å². The topological polar surface area (TPSA) is 142 Å². The van der Waals surface area contributed by atoms with Crippen molar-refractivity contribution in [3.05, 3.63) is 83.6 Å². The number of morpholine rings is 1. The summed E-state index contributed by atoms with van der Waals surface area (Å²) in [6, 6.07) is 21.4. The van der Waals surface area contributed by atoms with Crippen LogP contribution < -0.4 is 15.5 Å². The number of carbonyl (C=O) groups is 1. The molecule has 0 bridgehead atoms. The molecular weight excluding hydrogens is 508 g/mol. The Morgan fingerprint density at radius 2 is 1.95 bits per heavy atom. The molecule has 2 N–H and O–H groups in total. The SMILES string of the molecule is C[C@H]1CN(c2cc(C#N)cnc2-c2nnc(N[C@@H]3CC(=O)Nc4ccccc4/C(c4ccccc4)=N\3)o2)CCO1. The number of nitriles is 1. The molecule has 40 heavy (non-hydrogen) atoms. The average Bonchev–Trinajstić information content (AvgIpc) is 3.43. The second-order valence-corrected chi connectivity index (χ2v) is 9.55. The van der Waals surface area contributed by atoms with Crippen LogP contribution in [0.2, 0.25) is 0 Å². The number of pyridine rings is 1. The van der Waals surface area contributed by atoms with E-state index in [9.17, 15) is 10.1 Å². The van der Waals surface area contributed by atoms with Crippen LogP contribution in [0.4, 0.5) is 17.4 Å². The molecule has 11 heteroatoms. The highest BCUT2D eigenvalue weighted by molar-refractivity contribution is 6.17. The lowest BCUT2D eigenvalue weighted by atomic mass is 9.99. The minimum absolute atomic E-state index is 0.0273. The van der Waals surface area contributed by atoms with Crippen molar-refractivity contribution in [2.24, 2.45) is 4.99 Å². The molecule has 2 aliphatic heterocycles. The number of aliphatic imine (C=N–C) groups is 1. The minimum atomic E-state index is -0.676. The van der Waals surface area contributed by atoms with E-state index in [1.807, 2.05) is 61.5 Å². The van der Waals surface area contributed by atoms with Gasteiger partial charge >= 0.3 is 6.01 Å². The van der Waals surface area contributed by atoms with Crippen LogP contribution in [0.1, 0.15) is 30.0 Å². The molecule has 200 valence electrons. The van der Waals surface area contributed by atoms with E-state index in [0.29, 0.717) is 36.6 Å². The van der Waals surface area contributed by atoms with Crippen LogP contribution >= 0.6 is 0 Å². The zero-order valence-corrected chi connectivity index (χ0v) is 21.7. The minimum Gasteiger partial charge on any atom is -0.402 e. The van der Waals surface area contributed by atoms with Crippen LogP contribution in [-0.4, -0.2) is 58.8 Å². The summed E-state index contributed by atoms with van der Waals surface area (Å²) in [6.45, 7) is 3.83. The number of nitrogens with one attached hydrogen (secondary N) is 2. The van der Waals surface area contributed by atoms with Gasteiger partial charge in [0.05, 0.1) is 41.8 Å². The molecule has 4 aromatic rings. The number of aromatic nitrogens is 3. The van der Waals surface area contributed by atoms with Gasteiger partial charge in [0.25, 0.3) is 5.89 Å². The van der Waals surface area contributed by atoms with Gasteiger partial charge in [-0.3, -0.25) is 9.79 Å². The van der Waals surface area contributed by atoms with E-state index in [-0.39, 0.29) is 30.3 Å². The number of amides is 1. The van der Waals surface area contributed by atoms with Gasteiger partial charge in [0.15, 0.2) is 5.69 Å². The molecule has 6 rings (SSSR count). The molecule has 1 fully saturated rings. The van der Waals surface area contributed by atoms with E-state index in [4.69, 9.17) is 14.1 Å². The highest BCUT2D eigenvalue weighted by atomic mass is 16.5. The predicted octanol–water partition coefficient (Wildman–Crippen LogP) is 3.85. The van der Waals surface area contributed by atoms with Gasteiger partial charge in [-0.05, 0) is 19.1 Å². The smallest absolute Gasteiger partial charge is 0.317 e. The van der Waals surface area contributed by atoms with Crippen molar-refractivity contribution < 1.29 is 13.9 Å². The van der Waals surface area contributed by atoms with E-state index in [2.05, 4.69) is 36.8 Å². The molecule has 2 aromatic heterocycles. The van der Waals surface area contributed by atoms with E-state index >= 15 is 0 Å². The fourth-order valence-electron chi connectivity index (χ4n) is 4.83. The first-order valence-electron chi connectivity index (χ1n) is 13.0. The Hall–Kier alpha value is -5.08. The number of fused-ring (bicyclic) bond motifs is 1. The van der Waals surface area contributed by atoms with Gasteiger partial charge in [-0.1, -0.05) is 53.6 Å². The zero-order chi connectivity index (χ0) is 27.5. The normalized spacial score (nSPS) is 20.2. The fourth-order valence-corrected chi connectivity index (χ4v) is 4.83. The molecule has 2 atom stereocenters. The lowest BCUT2D eigenvalue weighted by Crippen LogP contribution is -2.41. The zero-order valence-electron chi connectivity index (χ0n) is 21.7. The monoisotopic (exact) mass is 534 g/mol. The molecule has 11 nitrogen and oxygen atoms in total. The second-order valence-electron chi connectivity index (χ2n) is 9.55. The Labute approximate surface area is 230 Å². The lowest BCUT2D eigenvalue weighted by Gasteiger charge is -2.33. The highest BCUT2D eigenvalue weighted by Crippen LogP contribution is 2.31. The summed E-state index contributed by atoms with van der Waals surface area (Å²) in [5, 5.41) is 24.0. The Balaban J connectivity index is 1.33. The van der Waals surface area contributed by atoms with E-state index in [0.717, 1.165) is 22.5 Å². The predicted molar refractivity (Wildman–Crippen MR) is 149 cm³/mol. The molecule has 2 aliphatic rings. The van der Waals surface area contributed by atoms with E-state index in [1.165, 1.54) is 6.20 Å². The van der Waals surface area contributed by atoms with Crippen molar-refractivity contribution in [2.45, 2.75) is 25.6 Å². The van der Waals surface area contributed by atoms with Crippen LogP contribution in [0.25, 0.3) is 11.6 Å². The number of anilines is 3. The molecule has 4 heterocycles. The Morgan fingerprint density at radius 3 is 2.77 bits per heavy atom. The molecule has 0 unspecified atom stereocenters. The molecular formula is C29H26N8O3. The van der Waals surface area contributed by atoms with Crippen LogP contribution in [0.15, 0.2) is 76.3 Å². The quantitative estimate of drug-likeness (QED) is 0.390. The Kier molecular flexibility index (Phi) is 6.91. The van der Waals surface area contributed by atoms with Crippen molar-refractivity contribution in [2.75, 3.05) is 35.2 Å². The lowest BCUT2D eigenvalue weighted by molar-refractivity contribution is -0.116. The van der Waals surface area contributed by atoms with Crippen LogP contribution in [0, 0.1) is 11.3 Å². The molecule has 0 aliphatic carbocycles. The molecule has 1 amide bonds. The van der Waals surface area contributed by atoms with Crippen molar-refractivity contribution >= 4 is 29.0 Å². The number of hydrogen-bond acceptors (Lipinski definition) is 10. The van der Waals surface area contributed by atoms with Crippen molar-refractivity contribution in [3.8, 4) is 17.7 Å². The van der Waals surface area contributed by atoms with Crippen LogP contribution in [-0.2, 0) is 9.53 Å². The number of nitrogens with zero attached hydrogens (tertiary/aromatic N) is 6. The standard InChI is InChI=1S/C29H26N8O3/c1-18-17-37(11-12-39-18)23-13-19(15-30)16-31-27(23)28-35-36-29(40-28)34-24-14-25(38)32-22-10-6-5-9-21(22)26(33-24)20-7-3-2-4-8-20/h2-10,13,16,18,24H,11-12,14,17H2,1H3,(H,32,38)(H,34,36)/b33-26-/t18-,24+/m0/s1. The number of para-hydroxylation sites is 1. The maximum absolute atomic E-state index is 12.8. The van der Waals surface area contributed by atoms with Gasteiger partial charge in [0, 0.05) is 30.4 Å². The summed E-state index contributed by atoms with van der Waals surface area (Å²) in [6.07, 6.45) is 0.881. The van der Waals surface area contributed by atoms with Gasteiger partial charge in [-0.25, -0.2) is 4.98 Å². The second kappa shape index (κ2) is 11.0. The Bertz CT molecular complexity index is 1610. The number of hydrogen-bond donors (Lipinski definition) is 2. The first-order chi connectivity index (χ1) is 19.6. The maximum Gasteiger partial charge on any atom is 0.317 e. The maximum atomic E-state index is 12.8. The van der Waals surface area contributed by atoms with Crippen molar-refractivity contribution in [3.63, 3.8) is 0 Å². The fraction of sp³-hybridized carbons (Fsp3) is 0.241. The number of rotatable bonds is 5. The van der Waals surface area contributed by atoms with Crippen molar-refractivity contribution in [1.29, 1.82) is 5.26 Å². The number of benzene rings is 2. The first-order valence-corrected chi connectivity index (χ1v) is 13.0. The summed E-state index contributed by atoms with van der Waals surface area (Å²) in [5.41, 5.74) is 4.76. The van der Waals surface area contributed by atoms with Gasteiger partial charge in [0.2, 0.25) is 5.91 Å². The summed E-state index contributed by atoms with van der Waals surface area (Å²) >= 11 is 0. The van der Waals surface area contributed by atoms with Crippen LogP contribution in [0.5, 0.6) is 0 Å². The van der Waals surface area contributed by atoms with Gasteiger partial charge in [-0.15, -0.1) is 5.10 Å². The molecule has 0 saturated carbocycles. The summed E-state index contributed by atoms with van der Waals surface area (Å²) in [7, 11) is 0. The van der Waals surface area contributed by atoms with Crippen LogP contribution in [0.3, 0.4) is 0 Å². The first kappa shape index (κ1) is 25.2. The summed E-state index contributed by atoms with van der Waals surface area (Å²) in [4.78, 5) is 24.4. The molecule has 2 aromatic carbocycles. The van der Waals surface area contributed by atoms with Gasteiger partial charge < -0.3 is 24.7 Å². The third-order valence-corrected chi connectivity index (χ3v) is 6.66. The summed E-state index contributed by atoms with van der Waals surface area (Å²) in [5.74, 6) is -0.00734. The van der Waals surface area contributed by atoms with Gasteiger partial charge in [-0.2, -0.15) is 5.26 Å². The number of ether oxygens (including phenoxy) is 1. The largest absolute Gasteiger partial charge is 0.402 e. The van der Waals surface area contributed by atoms with Crippen molar-refractivity contribution in [1.82, 2.24) is 15.2 Å².